The highest BCUT2D eigenvalue weighted by Gasteiger charge is 2.29. The van der Waals surface area contributed by atoms with Crippen LogP contribution in [-0.4, -0.2) is 94.7 Å². The highest BCUT2D eigenvalue weighted by atomic mass is 15.3. The molecule has 2 aliphatic rings. The number of likely N-dealkylation sites (tertiary alicyclic amines) is 1. The highest BCUT2D eigenvalue weighted by Crippen LogP contribution is 2.27. The number of aliphatic imine (C=N–C) groups is 1. The first-order valence-electron chi connectivity index (χ1n) is 10.9. The smallest absolute Gasteiger partial charge is 0.225 e. The van der Waals surface area contributed by atoms with Gasteiger partial charge in [-0.2, -0.15) is 0 Å². The molecule has 0 aliphatic carbocycles. The number of piperazine rings is 1. The predicted molar refractivity (Wildman–Crippen MR) is 119 cm³/mol. The van der Waals surface area contributed by atoms with Crippen molar-refractivity contribution in [3.05, 3.63) is 37.2 Å². The monoisotopic (exact) mass is 411 g/mol. The van der Waals surface area contributed by atoms with E-state index in [2.05, 4.69) is 57.6 Å². The topological polar surface area (TPSA) is 77.7 Å². The lowest BCUT2D eigenvalue weighted by atomic mass is 9.93. The summed E-state index contributed by atoms with van der Waals surface area (Å²) in [5.41, 5.74) is 0. The number of anilines is 1. The van der Waals surface area contributed by atoms with Crippen molar-refractivity contribution in [2.75, 3.05) is 64.3 Å². The first-order valence-corrected chi connectivity index (χ1v) is 10.9. The Morgan fingerprint density at radius 3 is 2.63 bits per heavy atom. The highest BCUT2D eigenvalue weighted by molar-refractivity contribution is 5.80. The summed E-state index contributed by atoms with van der Waals surface area (Å²) in [7, 11) is 1.88. The number of imidazole rings is 1. The van der Waals surface area contributed by atoms with Gasteiger partial charge in [0.15, 0.2) is 5.96 Å². The van der Waals surface area contributed by atoms with Crippen molar-refractivity contribution < 1.29 is 0 Å². The lowest BCUT2D eigenvalue weighted by molar-refractivity contribution is 0.188. The van der Waals surface area contributed by atoms with Gasteiger partial charge in [-0.05, 0) is 18.4 Å². The Kier molecular flexibility index (Phi) is 6.78. The Balaban J connectivity index is 1.22. The number of rotatable bonds is 5. The number of nitrogens with zero attached hydrogens (tertiary/aromatic N) is 8. The fraction of sp³-hybridized carbons (Fsp3) is 0.619. The van der Waals surface area contributed by atoms with E-state index in [-0.39, 0.29) is 0 Å². The predicted octanol–water partition coefficient (Wildman–Crippen LogP) is 0.954. The molecule has 2 fully saturated rings. The van der Waals surface area contributed by atoms with Gasteiger partial charge in [0, 0.05) is 84.2 Å². The van der Waals surface area contributed by atoms with E-state index < -0.39 is 0 Å². The van der Waals surface area contributed by atoms with Crippen LogP contribution in [0.3, 0.4) is 0 Å². The van der Waals surface area contributed by atoms with Gasteiger partial charge >= 0.3 is 0 Å². The molecule has 30 heavy (non-hydrogen) atoms. The molecule has 2 saturated heterocycles. The third-order valence-electron chi connectivity index (χ3n) is 6.26. The van der Waals surface area contributed by atoms with Gasteiger partial charge < -0.3 is 19.7 Å². The molecule has 2 aromatic heterocycles. The van der Waals surface area contributed by atoms with E-state index in [1.54, 1.807) is 0 Å². The molecule has 1 N–H and O–H groups in total. The molecule has 2 aromatic rings. The maximum absolute atomic E-state index is 4.55. The average Bonchev–Trinajstić information content (AvgIpc) is 3.33. The van der Waals surface area contributed by atoms with Crippen molar-refractivity contribution >= 4 is 11.9 Å². The molecule has 2 atom stereocenters. The van der Waals surface area contributed by atoms with E-state index in [0.29, 0.717) is 12.0 Å². The molecule has 0 saturated carbocycles. The summed E-state index contributed by atoms with van der Waals surface area (Å²) in [6.45, 7) is 10.2. The SMILES string of the molecule is CN=C(NCCN1CCN(c2ncccn2)CC1)N1CCC(C)C(n2ccnc2)C1. The largest absolute Gasteiger partial charge is 0.355 e. The van der Waals surface area contributed by atoms with Crippen LogP contribution in [0.25, 0.3) is 0 Å². The minimum absolute atomic E-state index is 0.438. The molecule has 2 unspecified atom stereocenters. The van der Waals surface area contributed by atoms with Crippen molar-refractivity contribution in [3.63, 3.8) is 0 Å². The fourth-order valence-corrected chi connectivity index (χ4v) is 4.38. The number of nitrogens with one attached hydrogen (secondary N) is 1. The molecule has 0 radical (unpaired) electrons. The summed E-state index contributed by atoms with van der Waals surface area (Å²) in [4.78, 5) is 24.6. The van der Waals surface area contributed by atoms with E-state index in [1.165, 1.54) is 0 Å². The van der Waals surface area contributed by atoms with Gasteiger partial charge in [-0.25, -0.2) is 15.0 Å². The van der Waals surface area contributed by atoms with Gasteiger partial charge in [0.25, 0.3) is 0 Å². The van der Waals surface area contributed by atoms with Gasteiger partial charge in [0.1, 0.15) is 0 Å². The molecule has 0 aromatic carbocycles. The molecule has 9 heteroatoms. The van der Waals surface area contributed by atoms with Crippen LogP contribution < -0.4 is 10.2 Å². The molecule has 0 amide bonds. The van der Waals surface area contributed by atoms with Crippen molar-refractivity contribution in [3.8, 4) is 0 Å². The first-order chi connectivity index (χ1) is 14.7. The van der Waals surface area contributed by atoms with Crippen LogP contribution in [0.2, 0.25) is 0 Å². The van der Waals surface area contributed by atoms with Crippen LogP contribution in [0.5, 0.6) is 0 Å². The summed E-state index contributed by atoms with van der Waals surface area (Å²) >= 11 is 0. The second-order valence-electron chi connectivity index (χ2n) is 8.14. The zero-order valence-electron chi connectivity index (χ0n) is 18.1. The van der Waals surface area contributed by atoms with E-state index >= 15 is 0 Å². The molecule has 9 nitrogen and oxygen atoms in total. The molecule has 0 bridgehead atoms. The molecular formula is C21H33N9. The molecule has 4 rings (SSSR count). The Hall–Kier alpha value is -2.68. The van der Waals surface area contributed by atoms with Crippen molar-refractivity contribution in [2.45, 2.75) is 19.4 Å². The summed E-state index contributed by atoms with van der Waals surface area (Å²) < 4.78 is 2.24. The second kappa shape index (κ2) is 9.88. The zero-order valence-corrected chi connectivity index (χ0v) is 18.1. The summed E-state index contributed by atoms with van der Waals surface area (Å²) in [6.07, 6.45) is 10.6. The Morgan fingerprint density at radius 2 is 1.93 bits per heavy atom. The summed E-state index contributed by atoms with van der Waals surface area (Å²) in [6, 6.07) is 2.30. The minimum atomic E-state index is 0.438. The number of aromatic nitrogens is 4. The van der Waals surface area contributed by atoms with Crippen LogP contribution >= 0.6 is 0 Å². The lowest BCUT2D eigenvalue weighted by Gasteiger charge is -2.39. The zero-order chi connectivity index (χ0) is 20.8. The van der Waals surface area contributed by atoms with Gasteiger partial charge in [-0.3, -0.25) is 9.89 Å². The lowest BCUT2D eigenvalue weighted by Crippen LogP contribution is -2.52. The summed E-state index contributed by atoms with van der Waals surface area (Å²) in [5, 5.41) is 3.58. The molecular weight excluding hydrogens is 378 g/mol. The van der Waals surface area contributed by atoms with Crippen molar-refractivity contribution in [2.24, 2.45) is 10.9 Å². The maximum Gasteiger partial charge on any atom is 0.225 e. The molecule has 4 heterocycles. The molecule has 0 spiro atoms. The standard InChI is InChI=1S/C21H33N9/c1-18-4-9-29(16-19(18)30-11-7-23-17-30)20(22-2)26-8-10-27-12-14-28(15-13-27)21-24-5-3-6-25-21/h3,5-7,11,17-19H,4,8-10,12-16H2,1-2H3,(H,22,26). The van der Waals surface area contributed by atoms with Crippen LogP contribution in [0.4, 0.5) is 5.95 Å². The second-order valence-corrected chi connectivity index (χ2v) is 8.14. The number of hydrogen-bond acceptors (Lipinski definition) is 6. The molecule has 2 aliphatic heterocycles. The van der Waals surface area contributed by atoms with E-state index in [1.807, 2.05) is 38.0 Å². The summed E-state index contributed by atoms with van der Waals surface area (Å²) in [5.74, 6) is 2.48. The first kappa shape index (κ1) is 20.6. The maximum atomic E-state index is 4.55. The quantitative estimate of drug-likeness (QED) is 0.580. The Bertz CT molecular complexity index is 784. The van der Waals surface area contributed by atoms with Crippen LogP contribution in [0, 0.1) is 5.92 Å². The van der Waals surface area contributed by atoms with Crippen LogP contribution in [0.15, 0.2) is 42.2 Å². The number of piperidine rings is 1. The van der Waals surface area contributed by atoms with Gasteiger partial charge in [-0.15, -0.1) is 0 Å². The van der Waals surface area contributed by atoms with E-state index in [4.69, 9.17) is 0 Å². The fourth-order valence-electron chi connectivity index (χ4n) is 4.38. The van der Waals surface area contributed by atoms with Crippen molar-refractivity contribution in [1.29, 1.82) is 0 Å². The van der Waals surface area contributed by atoms with Gasteiger partial charge in [0.05, 0.1) is 12.4 Å². The van der Waals surface area contributed by atoms with Gasteiger partial charge in [0.2, 0.25) is 5.95 Å². The average molecular weight is 412 g/mol. The Labute approximate surface area is 178 Å². The normalized spacial score (nSPS) is 23.6. The third-order valence-corrected chi connectivity index (χ3v) is 6.26. The molecule has 162 valence electrons. The number of guanidine groups is 1. The van der Waals surface area contributed by atoms with E-state index in [0.717, 1.165) is 70.7 Å². The third kappa shape index (κ3) is 4.89. The number of hydrogen-bond donors (Lipinski definition) is 1. The minimum Gasteiger partial charge on any atom is -0.355 e. The Morgan fingerprint density at radius 1 is 1.13 bits per heavy atom. The van der Waals surface area contributed by atoms with E-state index in [9.17, 15) is 0 Å². The van der Waals surface area contributed by atoms with Crippen LogP contribution in [-0.2, 0) is 0 Å². The van der Waals surface area contributed by atoms with Gasteiger partial charge in [-0.1, -0.05) is 6.92 Å². The van der Waals surface area contributed by atoms with Crippen LogP contribution in [0.1, 0.15) is 19.4 Å². The van der Waals surface area contributed by atoms with Crippen molar-refractivity contribution in [1.82, 2.24) is 34.6 Å².